The summed E-state index contributed by atoms with van der Waals surface area (Å²) >= 11 is 0. The van der Waals surface area contributed by atoms with Crippen molar-refractivity contribution in [3.8, 4) is 11.5 Å². The fourth-order valence-corrected chi connectivity index (χ4v) is 1.20. The molecule has 0 saturated carbocycles. The number of hydrogen-bond acceptors (Lipinski definition) is 3. The Morgan fingerprint density at radius 3 is 2.64 bits per heavy atom. The first-order chi connectivity index (χ1) is 6.90. The van der Waals surface area contributed by atoms with Crippen molar-refractivity contribution in [2.75, 3.05) is 13.9 Å². The number of methoxy groups -OCH3 is 1. The van der Waals surface area contributed by atoms with Crippen LogP contribution in [-0.4, -0.2) is 13.9 Å². The molecule has 0 radical (unpaired) electrons. The average Bonchev–Trinajstić information content (AvgIpc) is 2.68. The number of benzene rings is 1. The van der Waals surface area contributed by atoms with Crippen molar-refractivity contribution < 1.29 is 14.2 Å². The van der Waals surface area contributed by atoms with E-state index in [4.69, 9.17) is 14.2 Å². The third kappa shape index (κ3) is 2.39. The van der Waals surface area contributed by atoms with E-state index in [-0.39, 0.29) is 0 Å². The molecule has 1 aliphatic rings. The highest BCUT2D eigenvalue weighted by Gasteiger charge is 2.12. The minimum atomic E-state index is 0.325. The summed E-state index contributed by atoms with van der Waals surface area (Å²) in [6.07, 6.45) is 0. The van der Waals surface area contributed by atoms with Gasteiger partial charge in [-0.2, -0.15) is 0 Å². The van der Waals surface area contributed by atoms with Gasteiger partial charge in [0.25, 0.3) is 0 Å². The van der Waals surface area contributed by atoms with Crippen LogP contribution in [0.5, 0.6) is 11.5 Å². The van der Waals surface area contributed by atoms with Gasteiger partial charge in [-0.3, -0.25) is 0 Å². The molecule has 0 N–H and O–H groups in total. The first-order valence-corrected chi connectivity index (χ1v) is 4.77. The molecular weight excluding hydrogens is 180 g/mol. The van der Waals surface area contributed by atoms with Crippen LogP contribution in [0.3, 0.4) is 0 Å². The summed E-state index contributed by atoms with van der Waals surface area (Å²) in [5, 5.41) is 0. The molecule has 0 amide bonds. The molecule has 1 aliphatic heterocycles. The normalized spacial score (nSPS) is 11.9. The van der Waals surface area contributed by atoms with Gasteiger partial charge in [0.05, 0.1) is 6.61 Å². The lowest BCUT2D eigenvalue weighted by molar-refractivity contribution is 0.173. The Balaban J connectivity index is 0.000000461. The zero-order valence-corrected chi connectivity index (χ0v) is 8.87. The highest BCUT2D eigenvalue weighted by atomic mass is 16.7. The second-order valence-corrected chi connectivity index (χ2v) is 2.62. The SMILES string of the molecule is CC.COCc1ccc2c(c1)OCO2. The first kappa shape index (κ1) is 10.9. The molecule has 0 spiro atoms. The third-order valence-corrected chi connectivity index (χ3v) is 1.75. The van der Waals surface area contributed by atoms with Gasteiger partial charge in [-0.1, -0.05) is 19.9 Å². The van der Waals surface area contributed by atoms with E-state index in [0.717, 1.165) is 17.1 Å². The molecule has 0 unspecified atom stereocenters. The average molecular weight is 196 g/mol. The summed E-state index contributed by atoms with van der Waals surface area (Å²) in [5.74, 6) is 1.62. The minimum Gasteiger partial charge on any atom is -0.454 e. The largest absolute Gasteiger partial charge is 0.454 e. The number of fused-ring (bicyclic) bond motifs is 1. The maximum atomic E-state index is 5.21. The molecule has 0 saturated heterocycles. The predicted molar refractivity (Wildman–Crippen MR) is 54.6 cm³/mol. The van der Waals surface area contributed by atoms with Gasteiger partial charge in [0.2, 0.25) is 6.79 Å². The zero-order valence-electron chi connectivity index (χ0n) is 8.87. The lowest BCUT2D eigenvalue weighted by atomic mass is 10.2. The van der Waals surface area contributed by atoms with E-state index in [2.05, 4.69) is 0 Å². The molecule has 1 aromatic carbocycles. The van der Waals surface area contributed by atoms with Crippen LogP contribution in [0.15, 0.2) is 18.2 Å². The molecule has 0 aromatic heterocycles. The quantitative estimate of drug-likeness (QED) is 0.727. The van der Waals surface area contributed by atoms with Crippen LogP contribution in [-0.2, 0) is 11.3 Å². The maximum absolute atomic E-state index is 5.21. The van der Waals surface area contributed by atoms with Crippen LogP contribution < -0.4 is 9.47 Å². The van der Waals surface area contributed by atoms with Crippen LogP contribution in [0.4, 0.5) is 0 Å². The highest BCUT2D eigenvalue weighted by Crippen LogP contribution is 2.32. The molecule has 14 heavy (non-hydrogen) atoms. The smallest absolute Gasteiger partial charge is 0.231 e. The summed E-state index contributed by atoms with van der Waals surface area (Å²) in [7, 11) is 1.67. The van der Waals surface area contributed by atoms with Gasteiger partial charge in [-0.15, -0.1) is 0 Å². The Bertz CT molecular complexity index is 284. The molecule has 1 heterocycles. The molecule has 3 heteroatoms. The van der Waals surface area contributed by atoms with E-state index >= 15 is 0 Å². The van der Waals surface area contributed by atoms with Crippen molar-refractivity contribution in [3.05, 3.63) is 23.8 Å². The summed E-state index contributed by atoms with van der Waals surface area (Å²) in [6.45, 7) is 4.93. The lowest BCUT2D eigenvalue weighted by Gasteiger charge is -2.00. The first-order valence-electron chi connectivity index (χ1n) is 4.77. The van der Waals surface area contributed by atoms with Crippen LogP contribution >= 0.6 is 0 Å². The number of ether oxygens (including phenoxy) is 3. The Hall–Kier alpha value is -1.22. The van der Waals surface area contributed by atoms with Crippen molar-refractivity contribution in [2.24, 2.45) is 0 Å². The Morgan fingerprint density at radius 2 is 1.93 bits per heavy atom. The van der Waals surface area contributed by atoms with Crippen molar-refractivity contribution in [3.63, 3.8) is 0 Å². The minimum absolute atomic E-state index is 0.325. The maximum Gasteiger partial charge on any atom is 0.231 e. The van der Waals surface area contributed by atoms with Gasteiger partial charge in [0.15, 0.2) is 11.5 Å². The van der Waals surface area contributed by atoms with Gasteiger partial charge < -0.3 is 14.2 Å². The predicted octanol–water partition coefficient (Wildman–Crippen LogP) is 2.59. The summed E-state index contributed by atoms with van der Waals surface area (Å²) in [6, 6.07) is 5.81. The van der Waals surface area contributed by atoms with Gasteiger partial charge in [0, 0.05) is 7.11 Å². The van der Waals surface area contributed by atoms with Crippen LogP contribution in [0.1, 0.15) is 19.4 Å². The molecule has 0 aliphatic carbocycles. The number of hydrogen-bond donors (Lipinski definition) is 0. The Labute approximate surface area is 84.6 Å². The van der Waals surface area contributed by atoms with Gasteiger partial charge in [-0.05, 0) is 17.7 Å². The molecule has 1 aromatic rings. The van der Waals surface area contributed by atoms with Gasteiger partial charge in [0.1, 0.15) is 0 Å². The molecule has 0 atom stereocenters. The van der Waals surface area contributed by atoms with Crippen LogP contribution in [0, 0.1) is 0 Å². The molecule has 78 valence electrons. The van der Waals surface area contributed by atoms with Crippen molar-refractivity contribution in [1.82, 2.24) is 0 Å². The fraction of sp³-hybridized carbons (Fsp3) is 0.455. The van der Waals surface area contributed by atoms with Gasteiger partial charge in [-0.25, -0.2) is 0 Å². The topological polar surface area (TPSA) is 27.7 Å². The Kier molecular flexibility index (Phi) is 4.26. The molecule has 3 nitrogen and oxygen atoms in total. The van der Waals surface area contributed by atoms with E-state index < -0.39 is 0 Å². The molecule has 2 rings (SSSR count). The van der Waals surface area contributed by atoms with Crippen LogP contribution in [0.2, 0.25) is 0 Å². The van der Waals surface area contributed by atoms with E-state index in [9.17, 15) is 0 Å². The molecule has 0 fully saturated rings. The van der Waals surface area contributed by atoms with Crippen molar-refractivity contribution in [1.29, 1.82) is 0 Å². The van der Waals surface area contributed by atoms with E-state index in [1.165, 1.54) is 0 Å². The third-order valence-electron chi connectivity index (χ3n) is 1.75. The highest BCUT2D eigenvalue weighted by molar-refractivity contribution is 5.44. The standard InChI is InChI=1S/C9H10O3.C2H6/c1-10-5-7-2-3-8-9(4-7)12-6-11-8;1-2/h2-4H,5-6H2,1H3;1-2H3. The van der Waals surface area contributed by atoms with E-state index in [1.807, 2.05) is 32.0 Å². The second kappa shape index (κ2) is 5.50. The zero-order chi connectivity index (χ0) is 10.4. The number of rotatable bonds is 2. The Morgan fingerprint density at radius 1 is 1.21 bits per heavy atom. The van der Waals surface area contributed by atoms with Crippen molar-refractivity contribution >= 4 is 0 Å². The van der Waals surface area contributed by atoms with E-state index in [1.54, 1.807) is 7.11 Å². The molecule has 0 bridgehead atoms. The van der Waals surface area contributed by atoms with Crippen molar-refractivity contribution in [2.45, 2.75) is 20.5 Å². The summed E-state index contributed by atoms with van der Waals surface area (Å²) in [4.78, 5) is 0. The summed E-state index contributed by atoms with van der Waals surface area (Å²) < 4.78 is 15.4. The summed E-state index contributed by atoms with van der Waals surface area (Å²) in [5.41, 5.74) is 1.10. The molecular formula is C11H16O3. The monoisotopic (exact) mass is 196 g/mol. The fourth-order valence-electron chi connectivity index (χ4n) is 1.20. The van der Waals surface area contributed by atoms with E-state index in [0.29, 0.717) is 13.4 Å². The second-order valence-electron chi connectivity index (χ2n) is 2.62. The lowest BCUT2D eigenvalue weighted by Crippen LogP contribution is -1.93. The van der Waals surface area contributed by atoms with Crippen LogP contribution in [0.25, 0.3) is 0 Å². The van der Waals surface area contributed by atoms with Gasteiger partial charge >= 0.3 is 0 Å².